The van der Waals surface area contributed by atoms with Gasteiger partial charge in [0.1, 0.15) is 6.04 Å². The van der Waals surface area contributed by atoms with Crippen LogP contribution >= 0.6 is 11.6 Å². The van der Waals surface area contributed by atoms with Crippen LogP contribution in [0.4, 0.5) is 10.5 Å². The van der Waals surface area contributed by atoms with Crippen molar-refractivity contribution in [2.75, 3.05) is 19.4 Å². The van der Waals surface area contributed by atoms with Crippen LogP contribution in [-0.2, 0) is 4.79 Å². The summed E-state index contributed by atoms with van der Waals surface area (Å²) >= 11 is 6.03. The number of carbonyl (C=O) groups is 3. The van der Waals surface area contributed by atoms with E-state index in [1.165, 1.54) is 17.0 Å². The number of anilines is 1. The van der Waals surface area contributed by atoms with Crippen molar-refractivity contribution >= 4 is 35.2 Å². The zero-order chi connectivity index (χ0) is 18.3. The lowest BCUT2D eigenvalue weighted by Gasteiger charge is -2.16. The van der Waals surface area contributed by atoms with E-state index >= 15 is 0 Å². The van der Waals surface area contributed by atoms with Gasteiger partial charge in [-0.2, -0.15) is 0 Å². The van der Waals surface area contributed by atoms with E-state index in [-0.39, 0.29) is 16.6 Å². The standard InChI is InChI=1S/C16H22ClN3O4/c1-4-5-6-13(15(22)23)19-14(21)11-9-10(7-8-12(11)17)18-16(24)20(2)3/h7-9,13H,4-6H2,1-3H3,(H,18,24)(H,19,21)(H,22,23)/t13-/m0/s1. The highest BCUT2D eigenvalue weighted by Crippen LogP contribution is 2.21. The maximum atomic E-state index is 12.3. The number of hydrogen-bond donors (Lipinski definition) is 3. The first-order chi connectivity index (χ1) is 11.3. The van der Waals surface area contributed by atoms with Crippen molar-refractivity contribution in [1.82, 2.24) is 10.2 Å². The largest absolute Gasteiger partial charge is 0.480 e. The number of hydrogen-bond acceptors (Lipinski definition) is 3. The van der Waals surface area contributed by atoms with Crippen molar-refractivity contribution in [2.45, 2.75) is 32.2 Å². The first-order valence-corrected chi connectivity index (χ1v) is 7.95. The third-order valence-electron chi connectivity index (χ3n) is 3.32. The minimum atomic E-state index is -1.09. The molecule has 0 radical (unpaired) electrons. The van der Waals surface area contributed by atoms with Gasteiger partial charge < -0.3 is 20.6 Å². The van der Waals surface area contributed by atoms with Gasteiger partial charge in [0, 0.05) is 19.8 Å². The summed E-state index contributed by atoms with van der Waals surface area (Å²) in [5.41, 5.74) is 0.500. The summed E-state index contributed by atoms with van der Waals surface area (Å²) in [6, 6.07) is 3.12. The van der Waals surface area contributed by atoms with Gasteiger partial charge in [-0.05, 0) is 24.6 Å². The molecule has 0 spiro atoms. The SMILES string of the molecule is CCCC[C@H](NC(=O)c1cc(NC(=O)N(C)C)ccc1Cl)C(=O)O. The van der Waals surface area contributed by atoms with Crippen molar-refractivity contribution < 1.29 is 19.5 Å². The fourth-order valence-electron chi connectivity index (χ4n) is 1.91. The predicted molar refractivity (Wildman–Crippen MR) is 92.6 cm³/mol. The average molecular weight is 356 g/mol. The molecule has 0 saturated heterocycles. The number of unbranched alkanes of at least 4 members (excludes halogenated alkanes) is 1. The number of carboxylic acids is 1. The van der Waals surface area contributed by atoms with E-state index in [1.54, 1.807) is 20.2 Å². The predicted octanol–water partition coefficient (Wildman–Crippen LogP) is 2.81. The Kier molecular flexibility index (Phi) is 7.51. The number of carbonyl (C=O) groups excluding carboxylic acids is 2. The minimum Gasteiger partial charge on any atom is -0.480 e. The van der Waals surface area contributed by atoms with Crippen molar-refractivity contribution in [3.05, 3.63) is 28.8 Å². The third kappa shape index (κ3) is 5.73. The number of halogens is 1. The van der Waals surface area contributed by atoms with Gasteiger partial charge in [-0.3, -0.25) is 4.79 Å². The quantitative estimate of drug-likeness (QED) is 0.700. The monoisotopic (exact) mass is 355 g/mol. The first kappa shape index (κ1) is 19.8. The van der Waals surface area contributed by atoms with Crippen LogP contribution in [0.2, 0.25) is 5.02 Å². The van der Waals surface area contributed by atoms with Crippen LogP contribution in [-0.4, -0.2) is 48.1 Å². The number of urea groups is 1. The smallest absolute Gasteiger partial charge is 0.326 e. The molecule has 0 saturated carbocycles. The molecule has 0 aliphatic rings. The third-order valence-corrected chi connectivity index (χ3v) is 3.65. The van der Waals surface area contributed by atoms with Gasteiger partial charge in [0.2, 0.25) is 0 Å². The Morgan fingerprint density at radius 2 is 1.96 bits per heavy atom. The molecule has 8 heteroatoms. The summed E-state index contributed by atoms with van der Waals surface area (Å²) in [5.74, 6) is -1.69. The lowest BCUT2D eigenvalue weighted by Crippen LogP contribution is -2.40. The number of rotatable bonds is 7. The first-order valence-electron chi connectivity index (χ1n) is 7.57. The second-order valence-electron chi connectivity index (χ2n) is 5.53. The maximum Gasteiger partial charge on any atom is 0.326 e. The molecule has 1 aromatic rings. The van der Waals surface area contributed by atoms with Gasteiger partial charge in [-0.15, -0.1) is 0 Å². The number of nitrogens with zero attached hydrogens (tertiary/aromatic N) is 1. The Morgan fingerprint density at radius 1 is 1.29 bits per heavy atom. The van der Waals surface area contributed by atoms with Crippen molar-refractivity contribution in [2.24, 2.45) is 0 Å². The Labute approximate surface area is 146 Å². The zero-order valence-corrected chi connectivity index (χ0v) is 14.7. The molecular formula is C16H22ClN3O4. The second kappa shape index (κ2) is 9.12. The van der Waals surface area contributed by atoms with Crippen LogP contribution in [0, 0.1) is 0 Å². The highest BCUT2D eigenvalue weighted by atomic mass is 35.5. The van der Waals surface area contributed by atoms with Crippen LogP contribution in [0.15, 0.2) is 18.2 Å². The number of aliphatic carboxylic acids is 1. The van der Waals surface area contributed by atoms with Crippen LogP contribution < -0.4 is 10.6 Å². The summed E-state index contributed by atoms with van der Waals surface area (Å²) in [6.45, 7) is 1.94. The summed E-state index contributed by atoms with van der Waals surface area (Å²) in [7, 11) is 3.17. The molecule has 1 rings (SSSR count). The Morgan fingerprint density at radius 3 is 2.50 bits per heavy atom. The average Bonchev–Trinajstić information content (AvgIpc) is 2.52. The lowest BCUT2D eigenvalue weighted by atomic mass is 10.1. The number of nitrogens with one attached hydrogen (secondary N) is 2. The van der Waals surface area contributed by atoms with Crippen LogP contribution in [0.1, 0.15) is 36.5 Å². The molecule has 1 aromatic carbocycles. The molecule has 3 amide bonds. The van der Waals surface area contributed by atoms with E-state index < -0.39 is 17.9 Å². The van der Waals surface area contributed by atoms with Crippen LogP contribution in [0.3, 0.4) is 0 Å². The van der Waals surface area contributed by atoms with Gasteiger partial charge in [0.05, 0.1) is 10.6 Å². The molecule has 0 heterocycles. The molecule has 0 aromatic heterocycles. The topological polar surface area (TPSA) is 98.7 Å². The van der Waals surface area contributed by atoms with Crippen LogP contribution in [0.5, 0.6) is 0 Å². The zero-order valence-electron chi connectivity index (χ0n) is 13.9. The highest BCUT2D eigenvalue weighted by molar-refractivity contribution is 6.34. The van der Waals surface area contributed by atoms with Crippen LogP contribution in [0.25, 0.3) is 0 Å². The fraction of sp³-hybridized carbons (Fsp3) is 0.438. The Bertz CT molecular complexity index is 619. The highest BCUT2D eigenvalue weighted by Gasteiger charge is 2.21. The molecule has 3 N–H and O–H groups in total. The number of benzene rings is 1. The molecule has 0 aliphatic heterocycles. The van der Waals surface area contributed by atoms with Crippen molar-refractivity contribution in [1.29, 1.82) is 0 Å². The normalized spacial score (nSPS) is 11.5. The van der Waals surface area contributed by atoms with Gasteiger partial charge in [-0.25, -0.2) is 9.59 Å². The molecular weight excluding hydrogens is 334 g/mol. The Balaban J connectivity index is 2.92. The van der Waals surface area contributed by atoms with E-state index in [1.807, 2.05) is 6.92 Å². The van der Waals surface area contributed by atoms with Crippen molar-refractivity contribution in [3.63, 3.8) is 0 Å². The maximum absolute atomic E-state index is 12.3. The summed E-state index contributed by atoms with van der Waals surface area (Å²) in [4.78, 5) is 36.6. The van der Waals surface area contributed by atoms with Gasteiger partial charge >= 0.3 is 12.0 Å². The van der Waals surface area contributed by atoms with Crippen molar-refractivity contribution in [3.8, 4) is 0 Å². The molecule has 1 atom stereocenters. The summed E-state index contributed by atoms with van der Waals surface area (Å²) < 4.78 is 0. The van der Waals surface area contributed by atoms with E-state index in [9.17, 15) is 19.5 Å². The van der Waals surface area contributed by atoms with E-state index in [0.29, 0.717) is 18.5 Å². The van der Waals surface area contributed by atoms with Gasteiger partial charge in [0.25, 0.3) is 5.91 Å². The summed E-state index contributed by atoms with van der Waals surface area (Å²) in [5, 5.41) is 14.4. The second-order valence-corrected chi connectivity index (χ2v) is 5.93. The summed E-state index contributed by atoms with van der Waals surface area (Å²) in [6.07, 6.45) is 1.85. The number of amides is 3. The van der Waals surface area contributed by atoms with Gasteiger partial charge in [-0.1, -0.05) is 31.4 Å². The fourth-order valence-corrected chi connectivity index (χ4v) is 2.12. The molecule has 7 nitrogen and oxygen atoms in total. The van der Waals surface area contributed by atoms with Gasteiger partial charge in [0.15, 0.2) is 0 Å². The molecule has 132 valence electrons. The van der Waals surface area contributed by atoms with E-state index in [4.69, 9.17) is 11.6 Å². The molecule has 0 aliphatic carbocycles. The lowest BCUT2D eigenvalue weighted by molar-refractivity contribution is -0.139. The number of carboxylic acid groups (broad SMARTS) is 1. The molecule has 0 fully saturated rings. The molecule has 0 unspecified atom stereocenters. The Hall–Kier alpha value is -2.28. The molecule has 0 bridgehead atoms. The minimum absolute atomic E-state index is 0.107. The van der Waals surface area contributed by atoms with E-state index in [0.717, 1.165) is 6.42 Å². The van der Waals surface area contributed by atoms with E-state index in [2.05, 4.69) is 10.6 Å². The molecule has 24 heavy (non-hydrogen) atoms.